The lowest BCUT2D eigenvalue weighted by Crippen LogP contribution is -2.36. The molecular formula is C12H21NO3. The Morgan fingerprint density at radius 2 is 1.75 bits per heavy atom. The van der Waals surface area contributed by atoms with E-state index in [4.69, 9.17) is 0 Å². The van der Waals surface area contributed by atoms with Crippen LogP contribution in [0.25, 0.3) is 0 Å². The Labute approximate surface area is 96.7 Å². The third-order valence-electron chi connectivity index (χ3n) is 3.47. The highest BCUT2D eigenvalue weighted by molar-refractivity contribution is 6.32. The van der Waals surface area contributed by atoms with Gasteiger partial charge in [0.05, 0.1) is 7.11 Å². The van der Waals surface area contributed by atoms with E-state index in [1.807, 2.05) is 0 Å². The minimum Gasteiger partial charge on any atom is -0.462 e. The lowest BCUT2D eigenvalue weighted by Gasteiger charge is -2.27. The number of hydrogen-bond donors (Lipinski definition) is 1. The maximum absolute atomic E-state index is 11.2. The smallest absolute Gasteiger partial charge is 0.396 e. The van der Waals surface area contributed by atoms with Crippen LogP contribution in [-0.2, 0) is 14.3 Å². The minimum absolute atomic E-state index is 0.524. The molecule has 16 heavy (non-hydrogen) atoms. The molecule has 0 aliphatic heterocycles. The van der Waals surface area contributed by atoms with E-state index in [1.54, 1.807) is 0 Å². The summed E-state index contributed by atoms with van der Waals surface area (Å²) in [6, 6.07) is 0. The Balaban J connectivity index is 2.19. The first kappa shape index (κ1) is 13.0. The molecule has 0 radical (unpaired) electrons. The fraction of sp³-hybridized carbons (Fsp3) is 0.833. The lowest BCUT2D eigenvalue weighted by atomic mass is 9.81. The number of rotatable bonds is 3. The first-order chi connectivity index (χ1) is 7.67. The SMILES string of the molecule is CCC1CCC(CNC(=O)C(=O)OC)CC1. The molecular weight excluding hydrogens is 206 g/mol. The van der Waals surface area contributed by atoms with Crippen LogP contribution in [0.3, 0.4) is 0 Å². The molecule has 4 heteroatoms. The van der Waals surface area contributed by atoms with E-state index >= 15 is 0 Å². The summed E-state index contributed by atoms with van der Waals surface area (Å²) in [5.41, 5.74) is 0. The minimum atomic E-state index is -0.803. The van der Waals surface area contributed by atoms with Crippen LogP contribution in [-0.4, -0.2) is 25.5 Å². The van der Waals surface area contributed by atoms with E-state index in [0.717, 1.165) is 18.8 Å². The first-order valence-corrected chi connectivity index (χ1v) is 6.03. The number of carbonyl (C=O) groups is 2. The topological polar surface area (TPSA) is 55.4 Å². The molecule has 0 aromatic heterocycles. The Kier molecular flexibility index (Phi) is 5.29. The molecule has 0 heterocycles. The molecule has 4 nitrogen and oxygen atoms in total. The van der Waals surface area contributed by atoms with Crippen molar-refractivity contribution >= 4 is 11.9 Å². The molecule has 0 aromatic rings. The number of nitrogens with one attached hydrogen (secondary N) is 1. The summed E-state index contributed by atoms with van der Waals surface area (Å²) in [4.78, 5) is 22.0. The van der Waals surface area contributed by atoms with Crippen molar-refractivity contribution in [2.45, 2.75) is 39.0 Å². The molecule has 1 amide bonds. The number of esters is 1. The van der Waals surface area contributed by atoms with Crippen LogP contribution in [0.4, 0.5) is 0 Å². The van der Waals surface area contributed by atoms with Gasteiger partial charge < -0.3 is 10.1 Å². The molecule has 0 spiro atoms. The summed E-state index contributed by atoms with van der Waals surface area (Å²) in [5, 5.41) is 2.62. The second-order valence-electron chi connectivity index (χ2n) is 4.50. The van der Waals surface area contributed by atoms with Gasteiger partial charge in [0.25, 0.3) is 0 Å². The van der Waals surface area contributed by atoms with E-state index < -0.39 is 11.9 Å². The summed E-state index contributed by atoms with van der Waals surface area (Å²) < 4.78 is 4.34. The fourth-order valence-corrected chi connectivity index (χ4v) is 2.25. The zero-order valence-electron chi connectivity index (χ0n) is 10.1. The molecule has 1 fully saturated rings. The van der Waals surface area contributed by atoms with Crippen LogP contribution in [0.2, 0.25) is 0 Å². The average molecular weight is 227 g/mol. The summed E-state index contributed by atoms with van der Waals surface area (Å²) in [5.74, 6) is -0.0497. The van der Waals surface area contributed by atoms with Gasteiger partial charge in [-0.25, -0.2) is 4.79 Å². The van der Waals surface area contributed by atoms with Gasteiger partial charge in [0.15, 0.2) is 0 Å². The van der Waals surface area contributed by atoms with Gasteiger partial charge in [-0.1, -0.05) is 26.2 Å². The Hall–Kier alpha value is -1.06. The second-order valence-corrected chi connectivity index (χ2v) is 4.50. The molecule has 0 saturated heterocycles. The Morgan fingerprint density at radius 1 is 1.19 bits per heavy atom. The van der Waals surface area contributed by atoms with Crippen molar-refractivity contribution in [1.82, 2.24) is 5.32 Å². The van der Waals surface area contributed by atoms with Crippen LogP contribution in [0.5, 0.6) is 0 Å². The van der Waals surface area contributed by atoms with Crippen LogP contribution < -0.4 is 5.32 Å². The van der Waals surface area contributed by atoms with Crippen molar-refractivity contribution in [1.29, 1.82) is 0 Å². The van der Waals surface area contributed by atoms with Gasteiger partial charge >= 0.3 is 11.9 Å². The van der Waals surface area contributed by atoms with Gasteiger partial charge in [0.1, 0.15) is 0 Å². The summed E-state index contributed by atoms with van der Waals surface area (Å²) in [6.45, 7) is 2.83. The standard InChI is InChI=1S/C12H21NO3/c1-3-9-4-6-10(7-5-9)8-13-11(14)12(15)16-2/h9-10H,3-8H2,1-2H3,(H,13,14). The lowest BCUT2D eigenvalue weighted by molar-refractivity contribution is -0.152. The third kappa shape index (κ3) is 3.83. The van der Waals surface area contributed by atoms with Gasteiger partial charge in [0.2, 0.25) is 0 Å². The predicted molar refractivity (Wildman–Crippen MR) is 60.8 cm³/mol. The van der Waals surface area contributed by atoms with E-state index in [0.29, 0.717) is 12.5 Å². The number of carbonyl (C=O) groups excluding carboxylic acids is 2. The van der Waals surface area contributed by atoms with Crippen molar-refractivity contribution in [3.63, 3.8) is 0 Å². The van der Waals surface area contributed by atoms with Gasteiger partial charge in [-0.2, -0.15) is 0 Å². The van der Waals surface area contributed by atoms with Crippen molar-refractivity contribution in [2.24, 2.45) is 11.8 Å². The van der Waals surface area contributed by atoms with Gasteiger partial charge in [-0.05, 0) is 24.7 Å². The maximum atomic E-state index is 11.2. The molecule has 1 aliphatic rings. The highest BCUT2D eigenvalue weighted by Gasteiger charge is 2.21. The largest absolute Gasteiger partial charge is 0.462 e. The molecule has 1 saturated carbocycles. The van der Waals surface area contributed by atoms with Crippen molar-refractivity contribution in [3.05, 3.63) is 0 Å². The zero-order chi connectivity index (χ0) is 12.0. The summed E-state index contributed by atoms with van der Waals surface area (Å²) in [7, 11) is 1.22. The molecule has 0 atom stereocenters. The number of ether oxygens (including phenoxy) is 1. The Bertz CT molecular complexity index is 245. The molecule has 1 N–H and O–H groups in total. The van der Waals surface area contributed by atoms with Crippen LogP contribution in [0, 0.1) is 11.8 Å². The maximum Gasteiger partial charge on any atom is 0.396 e. The normalized spacial score (nSPS) is 24.9. The molecule has 1 rings (SSSR count). The number of methoxy groups -OCH3 is 1. The second kappa shape index (κ2) is 6.51. The highest BCUT2D eigenvalue weighted by Crippen LogP contribution is 2.29. The van der Waals surface area contributed by atoms with Crippen molar-refractivity contribution < 1.29 is 14.3 Å². The number of amides is 1. The third-order valence-corrected chi connectivity index (χ3v) is 3.47. The van der Waals surface area contributed by atoms with E-state index in [-0.39, 0.29) is 0 Å². The summed E-state index contributed by atoms with van der Waals surface area (Å²) in [6.07, 6.45) is 6.05. The quantitative estimate of drug-likeness (QED) is 0.587. The van der Waals surface area contributed by atoms with Gasteiger partial charge in [-0.15, -0.1) is 0 Å². The summed E-state index contributed by atoms with van der Waals surface area (Å²) >= 11 is 0. The average Bonchev–Trinajstić information content (AvgIpc) is 2.35. The van der Waals surface area contributed by atoms with Crippen molar-refractivity contribution in [2.75, 3.05) is 13.7 Å². The van der Waals surface area contributed by atoms with E-state index in [2.05, 4.69) is 17.0 Å². The monoisotopic (exact) mass is 227 g/mol. The van der Waals surface area contributed by atoms with Crippen LogP contribution in [0.1, 0.15) is 39.0 Å². The first-order valence-electron chi connectivity index (χ1n) is 6.03. The van der Waals surface area contributed by atoms with Gasteiger partial charge in [0, 0.05) is 6.54 Å². The molecule has 1 aliphatic carbocycles. The van der Waals surface area contributed by atoms with E-state index in [9.17, 15) is 9.59 Å². The van der Waals surface area contributed by atoms with Crippen LogP contribution in [0.15, 0.2) is 0 Å². The molecule has 92 valence electrons. The highest BCUT2D eigenvalue weighted by atomic mass is 16.5. The number of hydrogen-bond acceptors (Lipinski definition) is 3. The molecule has 0 bridgehead atoms. The van der Waals surface area contributed by atoms with Crippen molar-refractivity contribution in [3.8, 4) is 0 Å². The predicted octanol–water partition coefficient (Wildman–Crippen LogP) is 1.49. The zero-order valence-corrected chi connectivity index (χ0v) is 10.1. The van der Waals surface area contributed by atoms with Crippen LogP contribution >= 0.6 is 0 Å². The molecule has 0 aromatic carbocycles. The fourth-order valence-electron chi connectivity index (χ4n) is 2.25. The van der Waals surface area contributed by atoms with Gasteiger partial charge in [-0.3, -0.25) is 4.79 Å². The Morgan fingerprint density at radius 3 is 2.25 bits per heavy atom. The van der Waals surface area contributed by atoms with E-state index in [1.165, 1.54) is 26.4 Å². The molecule has 0 unspecified atom stereocenters.